The average Bonchev–Trinajstić information content (AvgIpc) is 2.74. The second-order valence-corrected chi connectivity index (χ2v) is 10.8. The van der Waals surface area contributed by atoms with E-state index in [1.54, 1.807) is 0 Å². The molecular formula is C20H38CaCl2NNaO7. The summed E-state index contributed by atoms with van der Waals surface area (Å²) < 4.78 is 9.40. The van der Waals surface area contributed by atoms with Crippen molar-refractivity contribution in [1.29, 1.82) is 0 Å². The quantitative estimate of drug-likeness (QED) is 0.111. The molecule has 0 aromatic heterocycles. The van der Waals surface area contributed by atoms with Gasteiger partial charge in [0, 0.05) is 12.8 Å². The Hall–Kier alpha value is 1.33. The van der Waals surface area contributed by atoms with E-state index in [2.05, 4.69) is 6.92 Å². The Balaban J connectivity index is -0.00000198. The first-order valence-corrected chi connectivity index (χ1v) is 17.0. The van der Waals surface area contributed by atoms with E-state index in [-0.39, 0.29) is 55.4 Å². The fourth-order valence-corrected chi connectivity index (χ4v) is 2.52. The molecule has 0 spiro atoms. The average molecular weight is 538 g/mol. The van der Waals surface area contributed by atoms with Crippen LogP contribution in [0.2, 0.25) is 0 Å². The molecule has 0 bridgehead atoms. The van der Waals surface area contributed by atoms with E-state index in [0.717, 1.165) is 19.3 Å². The van der Waals surface area contributed by atoms with E-state index in [1.807, 2.05) is 0 Å². The van der Waals surface area contributed by atoms with Crippen LogP contribution in [0.15, 0.2) is 0 Å². The second-order valence-electron chi connectivity index (χ2n) is 7.14. The third-order valence-electron chi connectivity index (χ3n) is 4.31. The monoisotopic (exact) mass is 537 g/mol. The number of aliphatic hydroxyl groups is 2. The summed E-state index contributed by atoms with van der Waals surface area (Å²) in [6, 6.07) is -1.10. The summed E-state index contributed by atoms with van der Waals surface area (Å²) in [5, 5.41) is 17.7. The molecule has 8 nitrogen and oxygen atoms in total. The van der Waals surface area contributed by atoms with Crippen molar-refractivity contribution in [2.45, 2.75) is 96.1 Å². The van der Waals surface area contributed by atoms with Gasteiger partial charge in [0.1, 0.15) is 18.8 Å². The fraction of sp³-hybridized carbons (Fsp3) is 0.850. The van der Waals surface area contributed by atoms with Crippen molar-refractivity contribution in [3.05, 3.63) is 0 Å². The summed E-state index contributed by atoms with van der Waals surface area (Å²) in [7, 11) is 0. The molecule has 1 unspecified atom stereocenters. The number of nitrogens with two attached hydrogens (primary N) is 1. The number of hydrogen-bond acceptors (Lipinski definition) is 8. The van der Waals surface area contributed by atoms with Crippen LogP contribution in [-0.4, -0.2) is 114 Å². The van der Waals surface area contributed by atoms with Gasteiger partial charge in [-0.3, -0.25) is 9.59 Å². The zero-order valence-corrected chi connectivity index (χ0v) is 22.3. The zero-order valence-electron chi connectivity index (χ0n) is 18.5. The normalized spacial score (nSPS) is 11.7. The van der Waals surface area contributed by atoms with E-state index >= 15 is 0 Å². The maximum atomic E-state index is 11.7. The Labute approximate surface area is 237 Å². The van der Waals surface area contributed by atoms with Gasteiger partial charge >= 0.3 is 91.1 Å². The molecule has 182 valence electrons. The molecule has 12 heteroatoms. The summed E-state index contributed by atoms with van der Waals surface area (Å²) in [6.45, 7) is 1.35. The van der Waals surface area contributed by atoms with Gasteiger partial charge in [0.15, 0.2) is 0 Å². The van der Waals surface area contributed by atoms with Gasteiger partial charge in [-0.15, -0.1) is 0 Å². The molecule has 0 aliphatic rings. The number of carbonyl (C=O) groups excluding carboxylic acids is 3. The number of ether oxygens (including phenoxy) is 2. The van der Waals surface area contributed by atoms with Crippen molar-refractivity contribution in [2.75, 3.05) is 13.2 Å². The van der Waals surface area contributed by atoms with Gasteiger partial charge in [0.2, 0.25) is 0 Å². The van der Waals surface area contributed by atoms with Gasteiger partial charge < -0.3 is 25.4 Å². The van der Waals surface area contributed by atoms with Crippen molar-refractivity contribution < 1.29 is 34.1 Å². The SMILES string of the molecule is CCCCCCCCCCCC(=O)OC(=O)[C@@H](N)CCC(=O)OCC(O)CO.[Cl][Ca][Cl].[NaH]. The zero-order chi connectivity index (χ0) is 23.9. The van der Waals surface area contributed by atoms with Crippen LogP contribution < -0.4 is 5.73 Å². The van der Waals surface area contributed by atoms with Crippen molar-refractivity contribution in [3.63, 3.8) is 0 Å². The van der Waals surface area contributed by atoms with Crippen LogP contribution in [0.3, 0.4) is 0 Å². The molecule has 0 radical (unpaired) electrons. The van der Waals surface area contributed by atoms with Crippen LogP contribution in [0.1, 0.15) is 84.0 Å². The third kappa shape index (κ3) is 27.6. The third-order valence-corrected chi connectivity index (χ3v) is 4.31. The summed E-state index contributed by atoms with van der Waals surface area (Å²) >= 11 is -0.931. The van der Waals surface area contributed by atoms with Crippen LogP contribution in [0.25, 0.3) is 0 Å². The number of halogens is 2. The van der Waals surface area contributed by atoms with E-state index in [4.69, 9.17) is 38.2 Å². The molecule has 2 atom stereocenters. The molecule has 0 aromatic carbocycles. The van der Waals surface area contributed by atoms with Crippen LogP contribution in [0.5, 0.6) is 0 Å². The minimum atomic E-state index is -1.14. The van der Waals surface area contributed by atoms with Crippen LogP contribution in [0, 0.1) is 0 Å². The Morgan fingerprint density at radius 1 is 0.938 bits per heavy atom. The number of rotatable bonds is 17. The summed E-state index contributed by atoms with van der Waals surface area (Å²) in [5.41, 5.74) is 5.62. The van der Waals surface area contributed by atoms with Gasteiger partial charge in [-0.2, -0.15) is 0 Å². The van der Waals surface area contributed by atoms with Gasteiger partial charge in [-0.1, -0.05) is 58.3 Å². The van der Waals surface area contributed by atoms with Crippen LogP contribution in [0.4, 0.5) is 0 Å². The first-order chi connectivity index (χ1) is 14.8. The molecule has 32 heavy (non-hydrogen) atoms. The van der Waals surface area contributed by atoms with E-state index < -0.39 is 67.5 Å². The molecule has 0 aliphatic heterocycles. The standard InChI is InChI=1S/C20H37NO7.Ca.2ClH.Na.H/c1-2-3-4-5-6-7-8-9-10-11-19(25)28-20(26)17(21)12-13-18(24)27-15-16(23)14-22;;;;;/h16-17,22-23H,2-15,21H2,1H3;;2*1H;;/q;+2;;;;/p-2/t16?,17-;;;;;/m0...../s1. The van der Waals surface area contributed by atoms with Crippen LogP contribution >= 0.6 is 12.8 Å². The predicted molar refractivity (Wildman–Crippen MR) is 129 cm³/mol. The van der Waals surface area contributed by atoms with Gasteiger partial charge in [0.05, 0.1) is 6.61 Å². The first-order valence-electron chi connectivity index (χ1n) is 10.9. The van der Waals surface area contributed by atoms with Crippen molar-refractivity contribution >= 4 is 91.1 Å². The number of hydrogen-bond donors (Lipinski definition) is 3. The van der Waals surface area contributed by atoms with Crippen molar-refractivity contribution in [3.8, 4) is 0 Å². The van der Waals surface area contributed by atoms with E-state index in [1.165, 1.54) is 32.1 Å². The molecule has 0 rings (SSSR count). The molecule has 0 heterocycles. The molecule has 0 amide bonds. The molecule has 4 N–H and O–H groups in total. The first kappa shape index (κ1) is 37.9. The van der Waals surface area contributed by atoms with Gasteiger partial charge in [0.25, 0.3) is 0 Å². The molecule has 0 fully saturated rings. The van der Waals surface area contributed by atoms with Gasteiger partial charge in [-0.05, 0) is 12.8 Å². The van der Waals surface area contributed by atoms with Crippen LogP contribution in [-0.2, 0) is 23.9 Å². The Morgan fingerprint density at radius 3 is 1.94 bits per heavy atom. The Bertz CT molecular complexity index is 479. The second kappa shape index (κ2) is 28.6. The fourth-order valence-electron chi connectivity index (χ4n) is 2.52. The number of aliphatic hydroxyl groups excluding tert-OH is 2. The number of esters is 3. The minimum absolute atomic E-state index is 0. The number of unbranched alkanes of at least 4 members (excludes halogenated alkanes) is 8. The Morgan fingerprint density at radius 2 is 1.44 bits per heavy atom. The summed E-state index contributed by atoms with van der Waals surface area (Å²) in [6.07, 6.45) is 18.9. The van der Waals surface area contributed by atoms with Crippen molar-refractivity contribution in [2.24, 2.45) is 5.73 Å². The Kier molecular flexibility index (Phi) is 33.8. The van der Waals surface area contributed by atoms with E-state index in [0.29, 0.717) is 6.42 Å². The molecule has 0 saturated carbocycles. The molecule has 0 aliphatic carbocycles. The maximum absolute atomic E-state index is 11.7. The summed E-state index contributed by atoms with van der Waals surface area (Å²) in [5.74, 6) is -2.11. The molecular weight excluding hydrogens is 500 g/mol. The van der Waals surface area contributed by atoms with Crippen molar-refractivity contribution in [1.82, 2.24) is 0 Å². The molecule has 0 aromatic rings. The summed E-state index contributed by atoms with van der Waals surface area (Å²) in [4.78, 5) is 34.8. The molecule has 0 saturated heterocycles. The predicted octanol–water partition coefficient (Wildman–Crippen LogP) is 2.33. The van der Waals surface area contributed by atoms with Gasteiger partial charge in [-0.25, -0.2) is 4.79 Å². The van der Waals surface area contributed by atoms with E-state index in [9.17, 15) is 14.4 Å². The topological polar surface area (TPSA) is 136 Å². The number of carbonyl (C=O) groups is 3.